The van der Waals surface area contributed by atoms with Gasteiger partial charge in [-0.25, -0.2) is 9.78 Å². The van der Waals surface area contributed by atoms with E-state index in [1.807, 2.05) is 19.1 Å². The van der Waals surface area contributed by atoms with E-state index in [1.165, 1.54) is 9.78 Å². The van der Waals surface area contributed by atoms with Gasteiger partial charge < -0.3 is 15.5 Å². The third-order valence-electron chi connectivity index (χ3n) is 4.25. The summed E-state index contributed by atoms with van der Waals surface area (Å²) >= 11 is 3.36. The predicted octanol–water partition coefficient (Wildman–Crippen LogP) is 3.92. The van der Waals surface area contributed by atoms with Gasteiger partial charge in [-0.15, -0.1) is 22.7 Å². The lowest BCUT2D eigenvalue weighted by molar-refractivity contribution is 0.0827. The van der Waals surface area contributed by atoms with Crippen molar-refractivity contribution in [3.8, 4) is 10.6 Å². The van der Waals surface area contributed by atoms with Gasteiger partial charge in [-0.3, -0.25) is 4.79 Å². The van der Waals surface area contributed by atoms with Crippen molar-refractivity contribution in [1.82, 2.24) is 20.5 Å². The van der Waals surface area contributed by atoms with Crippen LogP contribution in [0.25, 0.3) is 10.6 Å². The Kier molecular flexibility index (Phi) is 7.00. The van der Waals surface area contributed by atoms with Gasteiger partial charge in [0.05, 0.1) is 15.6 Å². The zero-order valence-corrected chi connectivity index (χ0v) is 18.3. The third kappa shape index (κ3) is 5.88. The lowest BCUT2D eigenvalue weighted by Crippen LogP contribution is -2.36. The number of amides is 3. The number of hydrogen-bond donors (Lipinski definition) is 2. The smallest absolute Gasteiger partial charge is 0.315 e. The van der Waals surface area contributed by atoms with Gasteiger partial charge in [0.2, 0.25) is 0 Å². The van der Waals surface area contributed by atoms with Gasteiger partial charge in [0.15, 0.2) is 0 Å². The van der Waals surface area contributed by atoms with Crippen molar-refractivity contribution in [1.29, 1.82) is 0 Å². The van der Waals surface area contributed by atoms with E-state index in [9.17, 15) is 9.59 Å². The van der Waals surface area contributed by atoms with Crippen LogP contribution in [0.1, 0.15) is 25.8 Å². The predicted molar refractivity (Wildman–Crippen MR) is 119 cm³/mol. The molecule has 0 spiro atoms. The number of benzene rings is 1. The van der Waals surface area contributed by atoms with Crippen LogP contribution >= 0.6 is 22.7 Å². The lowest BCUT2D eigenvalue weighted by Gasteiger charge is -2.11. The first-order valence-electron chi connectivity index (χ1n) is 9.26. The lowest BCUT2D eigenvalue weighted by atomic mass is 10.1. The van der Waals surface area contributed by atoms with E-state index in [0.717, 1.165) is 27.6 Å². The van der Waals surface area contributed by atoms with E-state index < -0.39 is 0 Å². The molecule has 2 heterocycles. The number of hydrogen-bond acceptors (Lipinski definition) is 5. The number of carbonyl (C=O) groups excluding carboxylic acids is 2. The summed E-state index contributed by atoms with van der Waals surface area (Å²) in [6.07, 6.45) is 0.780. The number of urea groups is 1. The Hall–Kier alpha value is -2.71. The van der Waals surface area contributed by atoms with Crippen LogP contribution in [0, 0.1) is 6.92 Å². The minimum absolute atomic E-state index is 0.0381. The van der Waals surface area contributed by atoms with Gasteiger partial charge in [0, 0.05) is 43.0 Å². The zero-order valence-electron chi connectivity index (χ0n) is 16.7. The van der Waals surface area contributed by atoms with E-state index in [-0.39, 0.29) is 11.9 Å². The molecular weight excluding hydrogens is 404 g/mol. The third-order valence-corrected chi connectivity index (χ3v) is 6.19. The molecule has 0 aliphatic heterocycles. The average Bonchev–Trinajstić information content (AvgIpc) is 3.35. The highest BCUT2D eigenvalue weighted by atomic mass is 32.1. The van der Waals surface area contributed by atoms with Crippen LogP contribution in [-0.4, -0.2) is 42.5 Å². The van der Waals surface area contributed by atoms with E-state index >= 15 is 0 Å². The fourth-order valence-corrected chi connectivity index (χ4v) is 4.35. The highest BCUT2D eigenvalue weighted by molar-refractivity contribution is 7.16. The molecule has 3 aromatic rings. The normalized spacial score (nSPS) is 10.6. The van der Waals surface area contributed by atoms with Gasteiger partial charge in [-0.1, -0.05) is 12.1 Å². The average molecular weight is 429 g/mol. The number of carbonyl (C=O) groups is 2. The van der Waals surface area contributed by atoms with Crippen molar-refractivity contribution in [2.24, 2.45) is 0 Å². The second kappa shape index (κ2) is 9.67. The van der Waals surface area contributed by atoms with Crippen molar-refractivity contribution in [2.75, 3.05) is 20.6 Å². The standard InChI is InChI=1S/C21H24N4O2S2/c1-14-24-18(13-28-14)19-9-8-17(29-19)10-11-22-21(27)23-12-15-4-6-16(7-5-15)20(26)25(2)3/h4-9,13H,10-12H2,1-3H3,(H2,22,23,27). The second-order valence-electron chi connectivity index (χ2n) is 6.77. The molecule has 6 nitrogen and oxygen atoms in total. The molecule has 0 radical (unpaired) electrons. The molecule has 0 fully saturated rings. The minimum atomic E-state index is -0.203. The highest BCUT2D eigenvalue weighted by Gasteiger charge is 2.08. The number of nitrogens with zero attached hydrogens (tertiary/aromatic N) is 2. The molecular formula is C21H24N4O2S2. The van der Waals surface area contributed by atoms with Crippen LogP contribution in [0.4, 0.5) is 4.79 Å². The number of aryl methyl sites for hydroxylation is 1. The monoisotopic (exact) mass is 428 g/mol. The molecule has 0 aliphatic rings. The van der Waals surface area contributed by atoms with Crippen LogP contribution in [0.15, 0.2) is 41.8 Å². The van der Waals surface area contributed by atoms with Crippen molar-refractivity contribution in [3.63, 3.8) is 0 Å². The maximum atomic E-state index is 12.0. The molecule has 2 N–H and O–H groups in total. The Morgan fingerprint density at radius 2 is 1.83 bits per heavy atom. The maximum absolute atomic E-state index is 12.0. The Balaban J connectivity index is 1.40. The van der Waals surface area contributed by atoms with E-state index in [1.54, 1.807) is 48.9 Å². The summed E-state index contributed by atoms with van der Waals surface area (Å²) in [5, 5.41) is 8.85. The zero-order chi connectivity index (χ0) is 20.8. The molecule has 152 valence electrons. The summed E-state index contributed by atoms with van der Waals surface area (Å²) < 4.78 is 0. The molecule has 0 saturated heterocycles. The van der Waals surface area contributed by atoms with Crippen LogP contribution in [0.2, 0.25) is 0 Å². The second-order valence-corrected chi connectivity index (χ2v) is 9.00. The first kappa shape index (κ1) is 21.0. The molecule has 0 aliphatic carbocycles. The largest absolute Gasteiger partial charge is 0.345 e. The van der Waals surface area contributed by atoms with Gasteiger partial charge in [0.25, 0.3) is 5.91 Å². The number of nitrogens with one attached hydrogen (secondary N) is 2. The molecule has 29 heavy (non-hydrogen) atoms. The van der Waals surface area contributed by atoms with Gasteiger partial charge in [-0.2, -0.15) is 0 Å². The van der Waals surface area contributed by atoms with Gasteiger partial charge in [-0.05, 0) is 43.2 Å². The first-order valence-corrected chi connectivity index (χ1v) is 11.0. The molecule has 0 saturated carbocycles. The van der Waals surface area contributed by atoms with Crippen LogP contribution < -0.4 is 10.6 Å². The summed E-state index contributed by atoms with van der Waals surface area (Å²) in [5.74, 6) is -0.0381. The molecule has 1 aromatic carbocycles. The van der Waals surface area contributed by atoms with Gasteiger partial charge in [0.1, 0.15) is 0 Å². The summed E-state index contributed by atoms with van der Waals surface area (Å²) in [6.45, 7) is 2.98. The Morgan fingerprint density at radius 1 is 1.07 bits per heavy atom. The number of thiophene rings is 1. The minimum Gasteiger partial charge on any atom is -0.345 e. The van der Waals surface area contributed by atoms with Crippen molar-refractivity contribution < 1.29 is 9.59 Å². The highest BCUT2D eigenvalue weighted by Crippen LogP contribution is 2.29. The van der Waals surface area contributed by atoms with Crippen LogP contribution in [0.3, 0.4) is 0 Å². The summed E-state index contributed by atoms with van der Waals surface area (Å²) in [4.78, 5) is 32.3. The first-order chi connectivity index (χ1) is 13.9. The number of rotatable bonds is 7. The maximum Gasteiger partial charge on any atom is 0.315 e. The van der Waals surface area contributed by atoms with E-state index in [0.29, 0.717) is 18.7 Å². The molecule has 0 unspecified atom stereocenters. The summed E-state index contributed by atoms with van der Waals surface area (Å²) in [6, 6.07) is 11.2. The van der Waals surface area contributed by atoms with E-state index in [2.05, 4.69) is 33.1 Å². The Morgan fingerprint density at radius 3 is 2.48 bits per heavy atom. The SMILES string of the molecule is Cc1nc(-c2ccc(CCNC(=O)NCc3ccc(C(=O)N(C)C)cc3)s2)cs1. The number of aromatic nitrogens is 1. The number of thiazole rings is 1. The summed E-state index contributed by atoms with van der Waals surface area (Å²) in [5.41, 5.74) is 2.59. The molecule has 0 atom stereocenters. The van der Waals surface area contributed by atoms with Crippen molar-refractivity contribution >= 4 is 34.6 Å². The topological polar surface area (TPSA) is 74.3 Å². The Bertz CT molecular complexity index is 977. The fraction of sp³-hybridized carbons (Fsp3) is 0.286. The quantitative estimate of drug-likeness (QED) is 0.599. The fourth-order valence-electron chi connectivity index (χ4n) is 2.69. The molecule has 3 rings (SSSR count). The van der Waals surface area contributed by atoms with Crippen LogP contribution in [-0.2, 0) is 13.0 Å². The van der Waals surface area contributed by atoms with Crippen molar-refractivity contribution in [3.05, 3.63) is 62.8 Å². The summed E-state index contributed by atoms with van der Waals surface area (Å²) in [7, 11) is 3.44. The molecule has 3 amide bonds. The molecule has 2 aromatic heterocycles. The van der Waals surface area contributed by atoms with Crippen molar-refractivity contribution in [2.45, 2.75) is 19.9 Å². The van der Waals surface area contributed by atoms with E-state index in [4.69, 9.17) is 0 Å². The van der Waals surface area contributed by atoms with Gasteiger partial charge >= 0.3 is 6.03 Å². The van der Waals surface area contributed by atoms with Crippen LogP contribution in [0.5, 0.6) is 0 Å². The Labute approximate surface area is 178 Å². The molecule has 0 bridgehead atoms. The molecule has 8 heteroatoms.